The molecule has 0 heterocycles. The van der Waals surface area contributed by atoms with Crippen molar-refractivity contribution in [3.63, 3.8) is 0 Å². The van der Waals surface area contributed by atoms with Crippen LogP contribution in [0.4, 0.5) is 8.78 Å². The Bertz CT molecular complexity index is 411. The fourth-order valence-electron chi connectivity index (χ4n) is 2.41. The second-order valence-electron chi connectivity index (χ2n) is 6.77. The number of benzene rings is 1. The summed E-state index contributed by atoms with van der Waals surface area (Å²) in [7, 11) is 0. The minimum Gasteiger partial charge on any atom is -0.312 e. The van der Waals surface area contributed by atoms with Gasteiger partial charge in [-0.1, -0.05) is 13.8 Å². The third kappa shape index (κ3) is 5.20. The second kappa shape index (κ2) is 6.66. The Morgan fingerprint density at radius 3 is 1.85 bits per heavy atom. The predicted molar refractivity (Wildman–Crippen MR) is 80.8 cm³/mol. The maximum absolute atomic E-state index is 13.3. The molecule has 0 amide bonds. The highest BCUT2D eigenvalue weighted by molar-refractivity contribution is 5.19. The van der Waals surface area contributed by atoms with Gasteiger partial charge in [0.25, 0.3) is 0 Å². The van der Waals surface area contributed by atoms with E-state index >= 15 is 0 Å². The quantitative estimate of drug-likeness (QED) is 0.798. The molecule has 20 heavy (non-hydrogen) atoms. The Hall–Kier alpha value is -0.960. The van der Waals surface area contributed by atoms with Gasteiger partial charge in [0.1, 0.15) is 11.6 Å². The molecule has 114 valence electrons. The Labute approximate surface area is 121 Å². The standard InChI is InChI=1S/C17H27F2N/c1-6-17(7-2,12-20-16(3,4)5)11-13-8-14(18)10-15(19)9-13/h8-10,20H,6-7,11-12H2,1-5H3. The summed E-state index contributed by atoms with van der Waals surface area (Å²) < 4.78 is 26.7. The molecule has 0 radical (unpaired) electrons. The van der Waals surface area contributed by atoms with Crippen molar-refractivity contribution in [1.29, 1.82) is 0 Å². The summed E-state index contributed by atoms with van der Waals surface area (Å²) in [6.07, 6.45) is 2.65. The highest BCUT2D eigenvalue weighted by Gasteiger charge is 2.28. The SMILES string of the molecule is CCC(CC)(CNC(C)(C)C)Cc1cc(F)cc(F)c1. The molecule has 0 spiro atoms. The maximum Gasteiger partial charge on any atom is 0.126 e. The first kappa shape index (κ1) is 17.1. The van der Waals surface area contributed by atoms with E-state index in [0.717, 1.165) is 31.0 Å². The molecule has 3 heteroatoms. The first-order valence-corrected chi connectivity index (χ1v) is 7.40. The lowest BCUT2D eigenvalue weighted by Gasteiger charge is -2.35. The molecule has 0 atom stereocenters. The summed E-state index contributed by atoms with van der Waals surface area (Å²) in [5.74, 6) is -0.991. The van der Waals surface area contributed by atoms with Crippen LogP contribution in [0.1, 0.15) is 53.0 Å². The van der Waals surface area contributed by atoms with Crippen LogP contribution in [0.25, 0.3) is 0 Å². The molecule has 0 aliphatic rings. The van der Waals surface area contributed by atoms with E-state index in [-0.39, 0.29) is 11.0 Å². The zero-order valence-electron chi connectivity index (χ0n) is 13.3. The minimum atomic E-state index is -0.495. The van der Waals surface area contributed by atoms with Crippen molar-refractivity contribution in [2.24, 2.45) is 5.41 Å². The van der Waals surface area contributed by atoms with Gasteiger partial charge >= 0.3 is 0 Å². The Kier molecular flexibility index (Phi) is 5.69. The van der Waals surface area contributed by atoms with Gasteiger partial charge in [0.05, 0.1) is 0 Å². The van der Waals surface area contributed by atoms with Crippen molar-refractivity contribution in [2.75, 3.05) is 6.54 Å². The van der Waals surface area contributed by atoms with Gasteiger partial charge in [-0.05, 0) is 63.1 Å². The number of hydrogen-bond donors (Lipinski definition) is 1. The molecule has 1 rings (SSSR count). The van der Waals surface area contributed by atoms with E-state index in [4.69, 9.17) is 0 Å². The summed E-state index contributed by atoms with van der Waals surface area (Å²) >= 11 is 0. The van der Waals surface area contributed by atoms with E-state index in [1.807, 2.05) is 0 Å². The van der Waals surface area contributed by atoms with Crippen LogP contribution in [0, 0.1) is 17.0 Å². The zero-order chi connectivity index (χ0) is 15.4. The summed E-state index contributed by atoms with van der Waals surface area (Å²) in [4.78, 5) is 0. The molecule has 1 aromatic rings. The van der Waals surface area contributed by atoms with Crippen molar-refractivity contribution in [1.82, 2.24) is 5.32 Å². The molecule has 0 aromatic heterocycles. The van der Waals surface area contributed by atoms with Gasteiger partial charge in [-0.3, -0.25) is 0 Å². The van der Waals surface area contributed by atoms with Crippen LogP contribution in [-0.2, 0) is 6.42 Å². The fraction of sp³-hybridized carbons (Fsp3) is 0.647. The minimum absolute atomic E-state index is 0.0352. The van der Waals surface area contributed by atoms with Gasteiger partial charge in [-0.25, -0.2) is 8.78 Å². The lowest BCUT2D eigenvalue weighted by atomic mass is 9.76. The number of hydrogen-bond acceptors (Lipinski definition) is 1. The highest BCUT2D eigenvalue weighted by atomic mass is 19.1. The zero-order valence-corrected chi connectivity index (χ0v) is 13.3. The molecule has 0 saturated carbocycles. The van der Waals surface area contributed by atoms with Crippen LogP contribution in [0.15, 0.2) is 18.2 Å². The van der Waals surface area contributed by atoms with Gasteiger partial charge in [0.15, 0.2) is 0 Å². The van der Waals surface area contributed by atoms with E-state index in [1.165, 1.54) is 12.1 Å². The summed E-state index contributed by atoms with van der Waals surface area (Å²) in [5, 5.41) is 3.53. The Balaban J connectivity index is 2.90. The second-order valence-corrected chi connectivity index (χ2v) is 6.77. The maximum atomic E-state index is 13.3. The van der Waals surface area contributed by atoms with Gasteiger partial charge in [-0.15, -0.1) is 0 Å². The smallest absolute Gasteiger partial charge is 0.126 e. The third-order valence-corrected chi connectivity index (χ3v) is 4.00. The molecule has 0 unspecified atom stereocenters. The Morgan fingerprint density at radius 2 is 1.45 bits per heavy atom. The lowest BCUT2D eigenvalue weighted by Crippen LogP contribution is -2.44. The lowest BCUT2D eigenvalue weighted by molar-refractivity contribution is 0.220. The predicted octanol–water partition coefficient (Wildman–Crippen LogP) is 4.70. The van der Waals surface area contributed by atoms with E-state index in [2.05, 4.69) is 39.9 Å². The summed E-state index contributed by atoms with van der Waals surface area (Å²) in [6.45, 7) is 11.5. The molecule has 0 aliphatic heterocycles. The van der Waals surface area contributed by atoms with E-state index in [1.54, 1.807) is 0 Å². The van der Waals surface area contributed by atoms with Crippen molar-refractivity contribution >= 4 is 0 Å². The van der Waals surface area contributed by atoms with Crippen molar-refractivity contribution in [3.8, 4) is 0 Å². The van der Waals surface area contributed by atoms with Crippen LogP contribution in [0.5, 0.6) is 0 Å². The number of halogens is 2. The van der Waals surface area contributed by atoms with Crippen molar-refractivity contribution < 1.29 is 8.78 Å². The number of nitrogens with one attached hydrogen (secondary N) is 1. The normalized spacial score (nSPS) is 12.8. The number of rotatable bonds is 6. The molecule has 1 aromatic carbocycles. The first-order chi connectivity index (χ1) is 9.19. The van der Waals surface area contributed by atoms with E-state index in [0.29, 0.717) is 6.42 Å². The topological polar surface area (TPSA) is 12.0 Å². The average Bonchev–Trinajstić information content (AvgIpc) is 2.32. The molecular formula is C17H27F2N. The molecule has 0 aliphatic carbocycles. The molecule has 0 fully saturated rings. The van der Waals surface area contributed by atoms with Crippen LogP contribution in [0.3, 0.4) is 0 Å². The van der Waals surface area contributed by atoms with Crippen LogP contribution in [-0.4, -0.2) is 12.1 Å². The highest BCUT2D eigenvalue weighted by Crippen LogP contribution is 2.31. The van der Waals surface area contributed by atoms with Crippen LogP contribution < -0.4 is 5.32 Å². The van der Waals surface area contributed by atoms with E-state index in [9.17, 15) is 8.78 Å². The summed E-state index contributed by atoms with van der Waals surface area (Å²) in [6, 6.07) is 3.82. The van der Waals surface area contributed by atoms with Crippen LogP contribution in [0.2, 0.25) is 0 Å². The van der Waals surface area contributed by atoms with Crippen molar-refractivity contribution in [3.05, 3.63) is 35.4 Å². The average molecular weight is 283 g/mol. The van der Waals surface area contributed by atoms with Gasteiger partial charge in [-0.2, -0.15) is 0 Å². The van der Waals surface area contributed by atoms with Crippen molar-refractivity contribution in [2.45, 2.75) is 59.4 Å². The van der Waals surface area contributed by atoms with Gasteiger partial charge < -0.3 is 5.32 Å². The summed E-state index contributed by atoms with van der Waals surface area (Å²) in [5.41, 5.74) is 0.818. The third-order valence-electron chi connectivity index (χ3n) is 4.00. The molecule has 1 N–H and O–H groups in total. The first-order valence-electron chi connectivity index (χ1n) is 7.40. The van der Waals surface area contributed by atoms with E-state index < -0.39 is 11.6 Å². The van der Waals surface area contributed by atoms with Gasteiger partial charge in [0.2, 0.25) is 0 Å². The van der Waals surface area contributed by atoms with Gasteiger partial charge in [0, 0.05) is 18.2 Å². The Morgan fingerprint density at radius 1 is 0.950 bits per heavy atom. The molecule has 0 saturated heterocycles. The molecular weight excluding hydrogens is 256 g/mol. The molecule has 0 bridgehead atoms. The monoisotopic (exact) mass is 283 g/mol. The largest absolute Gasteiger partial charge is 0.312 e. The molecule has 1 nitrogen and oxygen atoms in total. The fourth-order valence-corrected chi connectivity index (χ4v) is 2.41. The van der Waals surface area contributed by atoms with Crippen LogP contribution >= 0.6 is 0 Å².